The maximum Gasteiger partial charge on any atom is 0.145 e. The van der Waals surface area contributed by atoms with Gasteiger partial charge in [0, 0.05) is 5.92 Å². The summed E-state index contributed by atoms with van der Waals surface area (Å²) in [4.78, 5) is 8.46. The van der Waals surface area contributed by atoms with Gasteiger partial charge in [-0.3, -0.25) is 4.98 Å². The van der Waals surface area contributed by atoms with Crippen molar-refractivity contribution in [3.05, 3.63) is 24.5 Å². The minimum atomic E-state index is 0.433. The first-order chi connectivity index (χ1) is 6.77. The van der Waals surface area contributed by atoms with E-state index in [-0.39, 0.29) is 0 Å². The molecule has 0 aromatic carbocycles. The number of piperidine rings is 1. The lowest BCUT2D eigenvalue weighted by molar-refractivity contribution is 0.452. The van der Waals surface area contributed by atoms with Crippen molar-refractivity contribution in [3.63, 3.8) is 0 Å². The van der Waals surface area contributed by atoms with Gasteiger partial charge in [-0.25, -0.2) is 4.98 Å². The second-order valence-corrected chi connectivity index (χ2v) is 3.65. The Hall–Kier alpha value is -1.16. The van der Waals surface area contributed by atoms with Crippen molar-refractivity contribution in [2.45, 2.75) is 18.8 Å². The van der Waals surface area contributed by atoms with E-state index in [2.05, 4.69) is 22.2 Å². The lowest BCUT2D eigenvalue weighted by Crippen LogP contribution is -2.27. The van der Waals surface area contributed by atoms with Crippen LogP contribution in [0.5, 0.6) is 0 Å². The minimum Gasteiger partial charge on any atom is -0.382 e. The molecule has 0 bridgehead atoms. The van der Waals surface area contributed by atoms with Crippen LogP contribution < -0.4 is 11.1 Å². The number of nitrogens with zero attached hydrogens (tertiary/aromatic N) is 2. The third-order valence-corrected chi connectivity index (χ3v) is 2.65. The molecule has 2 rings (SSSR count). The normalized spacial score (nSPS) is 18.4. The van der Waals surface area contributed by atoms with E-state index in [0.717, 1.165) is 31.6 Å². The highest BCUT2D eigenvalue weighted by Crippen LogP contribution is 2.23. The summed E-state index contributed by atoms with van der Waals surface area (Å²) in [6.07, 6.45) is 4.02. The average Bonchev–Trinajstić information content (AvgIpc) is 2.23. The summed E-state index contributed by atoms with van der Waals surface area (Å²) in [6.45, 7) is 5.88. The molecule has 1 saturated heterocycles. The number of anilines is 1. The summed E-state index contributed by atoms with van der Waals surface area (Å²) < 4.78 is 0. The van der Waals surface area contributed by atoms with Gasteiger partial charge in [-0.2, -0.15) is 0 Å². The molecule has 0 atom stereocenters. The number of aromatic nitrogens is 2. The molecular formula is C10H15N4. The predicted molar refractivity (Wildman–Crippen MR) is 55.7 cm³/mol. The summed E-state index contributed by atoms with van der Waals surface area (Å²) in [7, 11) is 0. The number of rotatable bonds is 1. The Labute approximate surface area is 83.9 Å². The van der Waals surface area contributed by atoms with E-state index in [9.17, 15) is 0 Å². The van der Waals surface area contributed by atoms with Crippen molar-refractivity contribution >= 4 is 5.82 Å². The number of nitrogens with one attached hydrogen (secondary N) is 1. The topological polar surface area (TPSA) is 63.8 Å². The van der Waals surface area contributed by atoms with Gasteiger partial charge in [0.05, 0.1) is 17.6 Å². The van der Waals surface area contributed by atoms with Crippen molar-refractivity contribution in [3.8, 4) is 0 Å². The Morgan fingerprint density at radius 1 is 1.43 bits per heavy atom. The first-order valence-electron chi connectivity index (χ1n) is 4.92. The van der Waals surface area contributed by atoms with Crippen LogP contribution in [0, 0.1) is 6.92 Å². The third-order valence-electron chi connectivity index (χ3n) is 2.65. The summed E-state index contributed by atoms with van der Waals surface area (Å²) >= 11 is 0. The molecule has 1 aromatic heterocycles. The molecular weight excluding hydrogens is 176 g/mol. The quantitative estimate of drug-likeness (QED) is 0.686. The van der Waals surface area contributed by atoms with Gasteiger partial charge >= 0.3 is 0 Å². The fraction of sp³-hybridized carbons (Fsp3) is 0.500. The van der Waals surface area contributed by atoms with Gasteiger partial charge in [-0.15, -0.1) is 0 Å². The second-order valence-electron chi connectivity index (χ2n) is 3.65. The van der Waals surface area contributed by atoms with Crippen molar-refractivity contribution in [1.82, 2.24) is 15.3 Å². The monoisotopic (exact) mass is 191 g/mol. The molecule has 1 aliphatic rings. The van der Waals surface area contributed by atoms with Gasteiger partial charge in [0.15, 0.2) is 0 Å². The van der Waals surface area contributed by atoms with Crippen LogP contribution in [-0.4, -0.2) is 23.1 Å². The maximum atomic E-state index is 5.57. The first kappa shape index (κ1) is 9.40. The molecule has 0 saturated carbocycles. The van der Waals surface area contributed by atoms with Crippen LogP contribution in [0.4, 0.5) is 5.82 Å². The van der Waals surface area contributed by atoms with E-state index in [0.29, 0.717) is 17.4 Å². The summed E-state index contributed by atoms with van der Waals surface area (Å²) in [6, 6.07) is 0. The van der Waals surface area contributed by atoms with Crippen molar-refractivity contribution in [2.24, 2.45) is 0 Å². The molecule has 4 nitrogen and oxygen atoms in total. The van der Waals surface area contributed by atoms with Gasteiger partial charge in [0.25, 0.3) is 0 Å². The highest BCUT2D eigenvalue weighted by molar-refractivity contribution is 5.36. The van der Waals surface area contributed by atoms with Crippen LogP contribution in [0.3, 0.4) is 0 Å². The number of hydrogen-bond acceptors (Lipinski definition) is 4. The fourth-order valence-corrected chi connectivity index (χ4v) is 1.77. The fourth-order valence-electron chi connectivity index (χ4n) is 1.77. The van der Waals surface area contributed by atoms with E-state index >= 15 is 0 Å². The Bertz CT molecular complexity index is 318. The van der Waals surface area contributed by atoms with Crippen molar-refractivity contribution < 1.29 is 0 Å². The highest BCUT2D eigenvalue weighted by atomic mass is 14.9. The zero-order valence-electron chi connectivity index (χ0n) is 8.16. The molecule has 1 radical (unpaired) electrons. The Morgan fingerprint density at radius 2 is 2.14 bits per heavy atom. The molecule has 1 aromatic rings. The molecule has 4 heteroatoms. The maximum absolute atomic E-state index is 5.57. The molecule has 0 aliphatic carbocycles. The molecule has 1 fully saturated rings. The smallest absolute Gasteiger partial charge is 0.145 e. The molecule has 1 aliphatic heterocycles. The first-order valence-corrected chi connectivity index (χ1v) is 4.92. The van der Waals surface area contributed by atoms with Crippen LogP contribution in [0.2, 0.25) is 0 Å². The van der Waals surface area contributed by atoms with Gasteiger partial charge in [0.2, 0.25) is 0 Å². The number of hydrogen-bond donors (Lipinski definition) is 2. The Kier molecular flexibility index (Phi) is 2.63. The van der Waals surface area contributed by atoms with E-state index in [1.54, 1.807) is 6.20 Å². The standard InChI is InChI=1S/C10H15N4/c1-7-10(11)13-6-9(14-7)8-2-4-12-5-3-8/h6,8,12H,1-5H2,(H2,11,13). The van der Waals surface area contributed by atoms with Crippen LogP contribution in [0.1, 0.15) is 30.1 Å². The Morgan fingerprint density at radius 3 is 2.79 bits per heavy atom. The van der Waals surface area contributed by atoms with Crippen LogP contribution in [0.15, 0.2) is 6.20 Å². The minimum absolute atomic E-state index is 0.433. The van der Waals surface area contributed by atoms with E-state index < -0.39 is 0 Å². The number of nitrogen functional groups attached to an aromatic ring is 1. The summed E-state index contributed by atoms with van der Waals surface area (Å²) in [5.74, 6) is 0.951. The van der Waals surface area contributed by atoms with Crippen LogP contribution >= 0.6 is 0 Å². The molecule has 75 valence electrons. The Balaban J connectivity index is 2.18. The van der Waals surface area contributed by atoms with Crippen molar-refractivity contribution in [1.29, 1.82) is 0 Å². The zero-order valence-corrected chi connectivity index (χ0v) is 8.16. The molecule has 0 unspecified atom stereocenters. The second kappa shape index (κ2) is 3.92. The zero-order chi connectivity index (χ0) is 9.97. The van der Waals surface area contributed by atoms with Gasteiger partial charge in [0.1, 0.15) is 5.82 Å². The summed E-state index contributed by atoms with van der Waals surface area (Å²) in [5.41, 5.74) is 7.20. The van der Waals surface area contributed by atoms with Crippen LogP contribution in [0.25, 0.3) is 0 Å². The molecule has 14 heavy (non-hydrogen) atoms. The lowest BCUT2D eigenvalue weighted by Gasteiger charge is -2.22. The third kappa shape index (κ3) is 1.85. The van der Waals surface area contributed by atoms with Crippen LogP contribution in [-0.2, 0) is 0 Å². The molecule has 3 N–H and O–H groups in total. The molecule has 0 amide bonds. The molecule has 2 heterocycles. The average molecular weight is 191 g/mol. The largest absolute Gasteiger partial charge is 0.382 e. The van der Waals surface area contributed by atoms with Gasteiger partial charge < -0.3 is 11.1 Å². The lowest BCUT2D eigenvalue weighted by atomic mass is 9.95. The summed E-state index contributed by atoms with van der Waals surface area (Å²) in [5, 5.41) is 3.32. The van der Waals surface area contributed by atoms with Crippen molar-refractivity contribution in [2.75, 3.05) is 18.8 Å². The SMILES string of the molecule is [CH2]c1nc(C2CCNCC2)cnc1N. The van der Waals surface area contributed by atoms with E-state index in [1.807, 2.05) is 0 Å². The number of nitrogens with two attached hydrogens (primary N) is 1. The van der Waals surface area contributed by atoms with Gasteiger partial charge in [-0.05, 0) is 32.9 Å². The van der Waals surface area contributed by atoms with E-state index in [4.69, 9.17) is 5.73 Å². The molecule has 0 spiro atoms. The van der Waals surface area contributed by atoms with Gasteiger partial charge in [-0.1, -0.05) is 0 Å². The highest BCUT2D eigenvalue weighted by Gasteiger charge is 2.17. The predicted octanol–water partition coefficient (Wildman–Crippen LogP) is 0.708. The van der Waals surface area contributed by atoms with E-state index in [1.165, 1.54) is 0 Å².